The second kappa shape index (κ2) is 4.64. The van der Waals surface area contributed by atoms with Crippen LogP contribution in [0.5, 0.6) is 0 Å². The van der Waals surface area contributed by atoms with Crippen LogP contribution in [0, 0.1) is 0 Å². The van der Waals surface area contributed by atoms with Gasteiger partial charge in [0, 0.05) is 11.1 Å². The number of carbonyl (C=O) groups is 1. The zero-order valence-corrected chi connectivity index (χ0v) is 8.34. The molecule has 0 atom stereocenters. The fourth-order valence-corrected chi connectivity index (χ4v) is 1.61. The first-order chi connectivity index (χ1) is 5.72. The van der Waals surface area contributed by atoms with E-state index in [-0.39, 0.29) is 11.8 Å². The number of nitrogens with zero attached hydrogens (tertiary/aromatic N) is 1. The number of halogens is 2. The van der Waals surface area contributed by atoms with Crippen LogP contribution in [-0.2, 0) is 11.3 Å². The van der Waals surface area contributed by atoms with E-state index in [9.17, 15) is 4.79 Å². The van der Waals surface area contributed by atoms with Crippen molar-refractivity contribution in [3.63, 3.8) is 0 Å². The highest BCUT2D eigenvalue weighted by atomic mass is 35.5. The summed E-state index contributed by atoms with van der Waals surface area (Å²) >= 11 is 12.2. The van der Waals surface area contributed by atoms with Crippen LogP contribution >= 0.6 is 34.5 Å². The van der Waals surface area contributed by atoms with Gasteiger partial charge < -0.3 is 5.32 Å². The van der Waals surface area contributed by atoms with Crippen LogP contribution in [0.15, 0.2) is 6.20 Å². The maximum absolute atomic E-state index is 10.7. The van der Waals surface area contributed by atoms with Crippen molar-refractivity contribution >= 4 is 40.4 Å². The third kappa shape index (κ3) is 2.97. The average molecular weight is 225 g/mol. The lowest BCUT2D eigenvalue weighted by Crippen LogP contribution is -2.23. The van der Waals surface area contributed by atoms with Gasteiger partial charge in [0.1, 0.15) is 5.88 Å². The minimum atomic E-state index is -0.193. The Hall–Kier alpha value is -0.320. The van der Waals surface area contributed by atoms with Gasteiger partial charge in [-0.3, -0.25) is 4.79 Å². The highest BCUT2D eigenvalue weighted by Gasteiger charge is 2.01. The summed E-state index contributed by atoms with van der Waals surface area (Å²) in [6.07, 6.45) is 1.63. The number of hydrogen-bond donors (Lipinski definition) is 1. The Labute approximate surface area is 83.7 Å². The summed E-state index contributed by atoms with van der Waals surface area (Å²) in [5, 5.41) is 2.60. The molecule has 1 amide bonds. The minimum absolute atomic E-state index is 0.0213. The molecule has 0 spiro atoms. The number of carbonyl (C=O) groups excluding carboxylic acids is 1. The first-order valence-electron chi connectivity index (χ1n) is 3.15. The molecule has 0 saturated heterocycles. The third-order valence-corrected chi connectivity index (χ3v) is 2.46. The lowest BCUT2D eigenvalue weighted by molar-refractivity contribution is -0.118. The number of rotatable bonds is 3. The maximum Gasteiger partial charge on any atom is 0.235 e. The molecule has 0 aliphatic rings. The highest BCUT2D eigenvalue weighted by molar-refractivity contribution is 7.15. The highest BCUT2D eigenvalue weighted by Crippen LogP contribution is 2.16. The second-order valence-electron chi connectivity index (χ2n) is 1.99. The van der Waals surface area contributed by atoms with Gasteiger partial charge in [0.15, 0.2) is 4.47 Å². The van der Waals surface area contributed by atoms with Gasteiger partial charge in [-0.25, -0.2) is 4.98 Å². The number of amides is 1. The van der Waals surface area contributed by atoms with E-state index in [1.165, 1.54) is 11.3 Å². The molecule has 0 radical (unpaired) electrons. The smallest absolute Gasteiger partial charge is 0.235 e. The van der Waals surface area contributed by atoms with Gasteiger partial charge in [-0.15, -0.1) is 22.9 Å². The van der Waals surface area contributed by atoms with Crippen molar-refractivity contribution < 1.29 is 4.79 Å². The van der Waals surface area contributed by atoms with Gasteiger partial charge in [-0.2, -0.15) is 0 Å². The monoisotopic (exact) mass is 224 g/mol. The summed E-state index contributed by atoms with van der Waals surface area (Å²) in [7, 11) is 0. The Morgan fingerprint density at radius 1 is 1.75 bits per heavy atom. The predicted octanol–water partition coefficient (Wildman–Crippen LogP) is 1.65. The fraction of sp³-hybridized carbons (Fsp3) is 0.333. The molecule has 1 aromatic heterocycles. The molecule has 1 aromatic rings. The summed E-state index contributed by atoms with van der Waals surface area (Å²) in [6, 6.07) is 0. The Morgan fingerprint density at radius 2 is 2.50 bits per heavy atom. The van der Waals surface area contributed by atoms with Crippen molar-refractivity contribution in [1.29, 1.82) is 0 Å². The van der Waals surface area contributed by atoms with E-state index in [0.717, 1.165) is 4.88 Å². The lowest BCUT2D eigenvalue weighted by atomic mass is 10.5. The molecule has 1 N–H and O–H groups in total. The molecule has 1 heterocycles. The van der Waals surface area contributed by atoms with Crippen LogP contribution in [0.25, 0.3) is 0 Å². The van der Waals surface area contributed by atoms with Crippen LogP contribution in [0.3, 0.4) is 0 Å². The first-order valence-corrected chi connectivity index (χ1v) is 4.88. The molecule has 0 aliphatic carbocycles. The van der Waals surface area contributed by atoms with Gasteiger partial charge in [0.05, 0.1) is 6.54 Å². The Kier molecular flexibility index (Phi) is 3.78. The second-order valence-corrected chi connectivity index (χ2v) is 3.95. The largest absolute Gasteiger partial charge is 0.350 e. The van der Waals surface area contributed by atoms with Crippen molar-refractivity contribution in [2.45, 2.75) is 6.54 Å². The standard InChI is InChI=1S/C6H6Cl2N2OS/c7-1-5(11)9-2-4-3-10-6(8)12-4/h3H,1-2H2,(H,9,11). The maximum atomic E-state index is 10.7. The summed E-state index contributed by atoms with van der Waals surface area (Å²) in [5.41, 5.74) is 0. The lowest BCUT2D eigenvalue weighted by Gasteiger charge is -1.97. The van der Waals surface area contributed by atoms with Crippen LogP contribution in [0.2, 0.25) is 4.47 Å². The van der Waals surface area contributed by atoms with Crippen LogP contribution in [-0.4, -0.2) is 16.8 Å². The zero-order valence-electron chi connectivity index (χ0n) is 6.01. The number of thiazole rings is 1. The molecule has 66 valence electrons. The molecule has 0 unspecified atom stereocenters. The quantitative estimate of drug-likeness (QED) is 0.794. The van der Waals surface area contributed by atoms with Crippen LogP contribution in [0.1, 0.15) is 4.88 Å². The number of nitrogens with one attached hydrogen (secondary N) is 1. The average Bonchev–Trinajstić information content (AvgIpc) is 2.47. The van der Waals surface area contributed by atoms with Crippen molar-refractivity contribution in [1.82, 2.24) is 10.3 Å². The summed E-state index contributed by atoms with van der Waals surface area (Å²) in [5.74, 6) is -0.215. The Morgan fingerprint density at radius 3 is 3.00 bits per heavy atom. The van der Waals surface area contributed by atoms with Crippen molar-refractivity contribution in [3.05, 3.63) is 15.5 Å². The van der Waals surface area contributed by atoms with Gasteiger partial charge in [0.25, 0.3) is 0 Å². The Balaban J connectivity index is 2.38. The van der Waals surface area contributed by atoms with Gasteiger partial charge >= 0.3 is 0 Å². The number of aromatic nitrogens is 1. The molecule has 12 heavy (non-hydrogen) atoms. The molecule has 0 aliphatic heterocycles. The number of alkyl halides is 1. The van der Waals surface area contributed by atoms with E-state index in [2.05, 4.69) is 10.3 Å². The molecule has 0 bridgehead atoms. The van der Waals surface area contributed by atoms with E-state index < -0.39 is 0 Å². The molecular weight excluding hydrogens is 219 g/mol. The van der Waals surface area contributed by atoms with E-state index in [0.29, 0.717) is 11.0 Å². The summed E-state index contributed by atoms with van der Waals surface area (Å²) in [4.78, 5) is 15.4. The van der Waals surface area contributed by atoms with Crippen molar-refractivity contribution in [2.75, 3.05) is 5.88 Å². The van der Waals surface area contributed by atoms with E-state index in [4.69, 9.17) is 23.2 Å². The number of hydrogen-bond acceptors (Lipinski definition) is 3. The fourth-order valence-electron chi connectivity index (χ4n) is 0.598. The Bertz CT molecular complexity index is 276. The van der Waals surface area contributed by atoms with Crippen LogP contribution < -0.4 is 5.32 Å². The molecular formula is C6H6Cl2N2OS. The van der Waals surface area contributed by atoms with E-state index >= 15 is 0 Å². The summed E-state index contributed by atoms with van der Waals surface area (Å²) in [6.45, 7) is 0.440. The molecule has 0 fully saturated rings. The summed E-state index contributed by atoms with van der Waals surface area (Å²) < 4.78 is 0.477. The van der Waals surface area contributed by atoms with E-state index in [1.54, 1.807) is 6.20 Å². The van der Waals surface area contributed by atoms with Crippen LogP contribution in [0.4, 0.5) is 0 Å². The molecule has 0 saturated carbocycles. The van der Waals surface area contributed by atoms with Crippen molar-refractivity contribution in [2.24, 2.45) is 0 Å². The van der Waals surface area contributed by atoms with Gasteiger partial charge in [-0.1, -0.05) is 11.6 Å². The molecule has 0 aromatic carbocycles. The minimum Gasteiger partial charge on any atom is -0.350 e. The topological polar surface area (TPSA) is 42.0 Å². The molecule has 1 rings (SSSR count). The normalized spacial score (nSPS) is 9.83. The van der Waals surface area contributed by atoms with Gasteiger partial charge in [0.2, 0.25) is 5.91 Å². The zero-order chi connectivity index (χ0) is 8.97. The van der Waals surface area contributed by atoms with Gasteiger partial charge in [-0.05, 0) is 0 Å². The first kappa shape index (κ1) is 9.77. The van der Waals surface area contributed by atoms with Crippen molar-refractivity contribution in [3.8, 4) is 0 Å². The third-order valence-electron chi connectivity index (χ3n) is 1.11. The predicted molar refractivity (Wildman–Crippen MR) is 49.7 cm³/mol. The van der Waals surface area contributed by atoms with E-state index in [1.807, 2.05) is 0 Å². The SMILES string of the molecule is O=C(CCl)NCc1cnc(Cl)s1. The molecule has 3 nitrogen and oxygen atoms in total. The molecule has 6 heteroatoms.